The third kappa shape index (κ3) is 1.99. The fourth-order valence-corrected chi connectivity index (χ4v) is 3.02. The summed E-state index contributed by atoms with van der Waals surface area (Å²) in [5.74, 6) is 0. The maximum Gasteiger partial charge on any atom is 0.0952 e. The maximum absolute atomic E-state index is 4.54. The second-order valence-electron chi connectivity index (χ2n) is 4.55. The summed E-state index contributed by atoms with van der Waals surface area (Å²) in [6, 6.07) is 8.75. The zero-order chi connectivity index (χ0) is 12.5. The van der Waals surface area contributed by atoms with E-state index in [9.17, 15) is 0 Å². The van der Waals surface area contributed by atoms with Crippen molar-refractivity contribution in [1.82, 2.24) is 14.9 Å². The Morgan fingerprint density at radius 2 is 2.39 bits per heavy atom. The van der Waals surface area contributed by atoms with Gasteiger partial charge in [-0.25, -0.2) is 4.98 Å². The van der Waals surface area contributed by atoms with Crippen molar-refractivity contribution >= 4 is 15.9 Å². The quantitative estimate of drug-likeness (QED) is 0.924. The third-order valence-electron chi connectivity index (χ3n) is 3.46. The van der Waals surface area contributed by atoms with Gasteiger partial charge in [-0.3, -0.25) is 0 Å². The van der Waals surface area contributed by atoms with Crippen LogP contribution in [-0.4, -0.2) is 16.1 Å². The highest BCUT2D eigenvalue weighted by molar-refractivity contribution is 9.10. The molecule has 0 saturated carbocycles. The van der Waals surface area contributed by atoms with Gasteiger partial charge in [0, 0.05) is 24.0 Å². The van der Waals surface area contributed by atoms with Gasteiger partial charge in [0.25, 0.3) is 0 Å². The van der Waals surface area contributed by atoms with Crippen LogP contribution in [0.5, 0.6) is 0 Å². The van der Waals surface area contributed by atoms with Gasteiger partial charge >= 0.3 is 0 Å². The fourth-order valence-electron chi connectivity index (χ4n) is 2.60. The summed E-state index contributed by atoms with van der Waals surface area (Å²) in [5, 5.41) is 3.60. The number of aromatic nitrogens is 2. The van der Waals surface area contributed by atoms with Crippen LogP contribution in [0.1, 0.15) is 29.9 Å². The van der Waals surface area contributed by atoms with Gasteiger partial charge in [0.05, 0.1) is 23.8 Å². The number of rotatable bonds is 2. The summed E-state index contributed by atoms with van der Waals surface area (Å²) in [6.45, 7) is 4.12. The summed E-state index contributed by atoms with van der Waals surface area (Å²) in [4.78, 5) is 4.54. The van der Waals surface area contributed by atoms with Gasteiger partial charge in [0.1, 0.15) is 0 Å². The third-order valence-corrected chi connectivity index (χ3v) is 3.96. The lowest BCUT2D eigenvalue weighted by Crippen LogP contribution is -2.32. The summed E-state index contributed by atoms with van der Waals surface area (Å²) in [6.07, 6.45) is 2.98. The highest BCUT2D eigenvalue weighted by Gasteiger charge is 2.25. The number of nitrogens with one attached hydrogen (secondary N) is 1. The molecule has 0 fully saturated rings. The van der Waals surface area contributed by atoms with Crippen molar-refractivity contribution in [1.29, 1.82) is 0 Å². The van der Waals surface area contributed by atoms with E-state index in [2.05, 4.69) is 62.0 Å². The Labute approximate surface area is 115 Å². The molecule has 1 atom stereocenters. The molecule has 1 N–H and O–H groups in total. The lowest BCUT2D eigenvalue weighted by molar-refractivity contribution is 0.524. The largest absolute Gasteiger partial charge is 0.333 e. The first-order valence-corrected chi connectivity index (χ1v) is 7.11. The number of hydrogen-bond acceptors (Lipinski definition) is 2. The number of hydrogen-bond donors (Lipinski definition) is 1. The lowest BCUT2D eigenvalue weighted by Gasteiger charge is -2.26. The van der Waals surface area contributed by atoms with Crippen molar-refractivity contribution in [3.05, 3.63) is 52.0 Å². The Balaban J connectivity index is 2.07. The van der Waals surface area contributed by atoms with E-state index < -0.39 is 0 Å². The van der Waals surface area contributed by atoms with Crippen molar-refractivity contribution in [2.75, 3.05) is 6.54 Å². The van der Waals surface area contributed by atoms with Gasteiger partial charge in [-0.15, -0.1) is 0 Å². The Morgan fingerprint density at radius 1 is 1.50 bits per heavy atom. The molecule has 2 heterocycles. The number of benzene rings is 1. The van der Waals surface area contributed by atoms with Crippen LogP contribution in [0.25, 0.3) is 0 Å². The summed E-state index contributed by atoms with van der Waals surface area (Å²) >= 11 is 3.54. The standard InChI is InChI=1S/C14H16BrN3/c1-2-18-9-17-12-6-7-16-13(14(12)18)10-4-3-5-11(15)8-10/h3-5,8-9,13,16H,2,6-7H2,1H3. The topological polar surface area (TPSA) is 29.9 Å². The molecule has 1 unspecified atom stereocenters. The first kappa shape index (κ1) is 11.9. The van der Waals surface area contributed by atoms with Crippen LogP contribution >= 0.6 is 15.9 Å². The number of nitrogens with zero attached hydrogens (tertiary/aromatic N) is 2. The van der Waals surface area contributed by atoms with Crippen LogP contribution < -0.4 is 5.32 Å². The molecule has 1 aliphatic rings. The summed E-state index contributed by atoms with van der Waals surface area (Å²) in [5.41, 5.74) is 3.85. The highest BCUT2D eigenvalue weighted by atomic mass is 79.9. The van der Waals surface area contributed by atoms with Crippen molar-refractivity contribution < 1.29 is 0 Å². The molecule has 0 radical (unpaired) electrons. The molecule has 3 nitrogen and oxygen atoms in total. The normalized spacial score (nSPS) is 18.7. The Morgan fingerprint density at radius 3 is 3.17 bits per heavy atom. The van der Waals surface area contributed by atoms with E-state index in [0.717, 1.165) is 24.0 Å². The number of fused-ring (bicyclic) bond motifs is 1. The van der Waals surface area contributed by atoms with E-state index in [1.165, 1.54) is 17.0 Å². The van der Waals surface area contributed by atoms with Crippen LogP contribution in [0.3, 0.4) is 0 Å². The zero-order valence-electron chi connectivity index (χ0n) is 10.4. The molecule has 3 rings (SSSR count). The van der Waals surface area contributed by atoms with Crippen molar-refractivity contribution in [3.63, 3.8) is 0 Å². The molecule has 1 aromatic carbocycles. The van der Waals surface area contributed by atoms with Gasteiger partial charge in [-0.05, 0) is 24.6 Å². The average Bonchev–Trinajstić information content (AvgIpc) is 2.81. The smallest absolute Gasteiger partial charge is 0.0952 e. The highest BCUT2D eigenvalue weighted by Crippen LogP contribution is 2.29. The second-order valence-corrected chi connectivity index (χ2v) is 5.47. The molecule has 1 aliphatic heterocycles. The van der Waals surface area contributed by atoms with Crippen LogP contribution in [0.2, 0.25) is 0 Å². The lowest BCUT2D eigenvalue weighted by atomic mass is 9.98. The molecule has 94 valence electrons. The average molecular weight is 306 g/mol. The molecule has 0 aliphatic carbocycles. The monoisotopic (exact) mass is 305 g/mol. The first-order chi connectivity index (χ1) is 8.79. The number of imidazole rings is 1. The van der Waals surface area contributed by atoms with E-state index >= 15 is 0 Å². The van der Waals surface area contributed by atoms with Crippen molar-refractivity contribution in [2.24, 2.45) is 0 Å². The van der Waals surface area contributed by atoms with E-state index in [0.29, 0.717) is 0 Å². The number of halogens is 1. The molecule has 18 heavy (non-hydrogen) atoms. The van der Waals surface area contributed by atoms with E-state index in [4.69, 9.17) is 0 Å². The molecule has 0 saturated heterocycles. The summed E-state index contributed by atoms with van der Waals surface area (Å²) in [7, 11) is 0. The minimum absolute atomic E-state index is 0.258. The minimum atomic E-state index is 0.258. The van der Waals surface area contributed by atoms with Crippen molar-refractivity contribution in [3.8, 4) is 0 Å². The van der Waals surface area contributed by atoms with E-state index in [1.54, 1.807) is 0 Å². The van der Waals surface area contributed by atoms with E-state index in [1.807, 2.05) is 6.33 Å². The molecule has 2 aromatic rings. The van der Waals surface area contributed by atoms with Gasteiger partial charge < -0.3 is 9.88 Å². The van der Waals surface area contributed by atoms with E-state index in [-0.39, 0.29) is 6.04 Å². The molecule has 1 aromatic heterocycles. The predicted molar refractivity (Wildman–Crippen MR) is 75.6 cm³/mol. The molecule has 0 spiro atoms. The Hall–Kier alpha value is -1.13. The predicted octanol–water partition coefficient (Wildman–Crippen LogP) is 2.90. The zero-order valence-corrected chi connectivity index (χ0v) is 11.9. The maximum atomic E-state index is 4.54. The van der Waals surface area contributed by atoms with Crippen LogP contribution in [0, 0.1) is 0 Å². The molecular weight excluding hydrogens is 290 g/mol. The van der Waals surface area contributed by atoms with Crippen LogP contribution in [-0.2, 0) is 13.0 Å². The Bertz CT molecular complexity index is 548. The second kappa shape index (κ2) is 4.86. The van der Waals surface area contributed by atoms with Crippen LogP contribution in [0.4, 0.5) is 0 Å². The SMILES string of the molecule is CCn1cnc2c1C(c1cccc(Br)c1)NCC2. The summed E-state index contributed by atoms with van der Waals surface area (Å²) < 4.78 is 3.36. The fraction of sp³-hybridized carbons (Fsp3) is 0.357. The van der Waals surface area contributed by atoms with Gasteiger partial charge in [0.2, 0.25) is 0 Å². The Kier molecular flexibility index (Phi) is 3.22. The molecular formula is C14H16BrN3. The number of aryl methyl sites for hydroxylation is 1. The van der Waals surface area contributed by atoms with Gasteiger partial charge in [-0.1, -0.05) is 28.1 Å². The van der Waals surface area contributed by atoms with Gasteiger partial charge in [0.15, 0.2) is 0 Å². The molecule has 0 bridgehead atoms. The molecule has 4 heteroatoms. The molecule has 0 amide bonds. The first-order valence-electron chi connectivity index (χ1n) is 6.32. The minimum Gasteiger partial charge on any atom is -0.333 e. The van der Waals surface area contributed by atoms with Gasteiger partial charge in [-0.2, -0.15) is 0 Å². The van der Waals surface area contributed by atoms with Crippen molar-refractivity contribution in [2.45, 2.75) is 25.9 Å². The van der Waals surface area contributed by atoms with Crippen LogP contribution in [0.15, 0.2) is 35.1 Å².